The van der Waals surface area contributed by atoms with E-state index in [0.29, 0.717) is 6.54 Å². The summed E-state index contributed by atoms with van der Waals surface area (Å²) in [4.78, 5) is 0. The van der Waals surface area contributed by atoms with Crippen LogP contribution in [0.1, 0.15) is 23.6 Å². The molecule has 2 heteroatoms. The minimum Gasteiger partial charge on any atom is -0.384 e. The van der Waals surface area contributed by atoms with Gasteiger partial charge < -0.3 is 10.4 Å². The van der Waals surface area contributed by atoms with Crippen LogP contribution in [0.2, 0.25) is 0 Å². The highest BCUT2D eigenvalue weighted by Gasteiger charge is 2.21. The number of hydrogen-bond acceptors (Lipinski definition) is 2. The van der Waals surface area contributed by atoms with Gasteiger partial charge in [0.2, 0.25) is 0 Å². The minimum atomic E-state index is -0.785. The van der Waals surface area contributed by atoms with Crippen LogP contribution in [-0.2, 0) is 5.60 Å². The van der Waals surface area contributed by atoms with E-state index in [1.807, 2.05) is 26.1 Å². The van der Waals surface area contributed by atoms with E-state index in [4.69, 9.17) is 0 Å². The topological polar surface area (TPSA) is 32.3 Å². The van der Waals surface area contributed by atoms with Gasteiger partial charge in [0.05, 0.1) is 5.60 Å². The average molecular weight is 193 g/mol. The molecule has 1 aromatic carbocycles. The van der Waals surface area contributed by atoms with Crippen LogP contribution in [0.4, 0.5) is 0 Å². The Hall–Kier alpha value is -0.860. The van der Waals surface area contributed by atoms with Crippen molar-refractivity contribution < 1.29 is 5.11 Å². The number of aryl methyl sites for hydroxylation is 2. The predicted octanol–water partition coefficient (Wildman–Crippen LogP) is 1.73. The van der Waals surface area contributed by atoms with Crippen molar-refractivity contribution in [2.24, 2.45) is 0 Å². The lowest BCUT2D eigenvalue weighted by atomic mass is 9.93. The zero-order chi connectivity index (χ0) is 10.8. The molecule has 0 bridgehead atoms. The average Bonchev–Trinajstić information content (AvgIpc) is 2.09. The van der Waals surface area contributed by atoms with Gasteiger partial charge in [-0.15, -0.1) is 0 Å². The molecule has 0 aliphatic heterocycles. The molecule has 14 heavy (non-hydrogen) atoms. The van der Waals surface area contributed by atoms with Crippen LogP contribution in [0, 0.1) is 13.8 Å². The van der Waals surface area contributed by atoms with Crippen LogP contribution in [-0.4, -0.2) is 18.7 Å². The Morgan fingerprint density at radius 2 is 1.93 bits per heavy atom. The van der Waals surface area contributed by atoms with Gasteiger partial charge in [0, 0.05) is 6.54 Å². The SMILES string of the molecule is CNCC(C)(O)c1ccc(C)c(C)c1. The van der Waals surface area contributed by atoms with E-state index in [1.165, 1.54) is 11.1 Å². The first kappa shape index (κ1) is 11.2. The largest absolute Gasteiger partial charge is 0.384 e. The Morgan fingerprint density at radius 3 is 2.43 bits per heavy atom. The van der Waals surface area contributed by atoms with Gasteiger partial charge >= 0.3 is 0 Å². The summed E-state index contributed by atoms with van der Waals surface area (Å²) in [5, 5.41) is 13.1. The fourth-order valence-electron chi connectivity index (χ4n) is 1.52. The van der Waals surface area contributed by atoms with Gasteiger partial charge in [0.1, 0.15) is 0 Å². The Balaban J connectivity index is 3.01. The molecule has 0 aromatic heterocycles. The van der Waals surface area contributed by atoms with Crippen molar-refractivity contribution in [3.63, 3.8) is 0 Å². The zero-order valence-electron chi connectivity index (χ0n) is 9.39. The van der Waals surface area contributed by atoms with Crippen molar-refractivity contribution in [1.29, 1.82) is 0 Å². The minimum absolute atomic E-state index is 0.565. The van der Waals surface area contributed by atoms with Gasteiger partial charge in [0.15, 0.2) is 0 Å². The molecule has 0 fully saturated rings. The maximum atomic E-state index is 10.1. The van der Waals surface area contributed by atoms with E-state index in [1.54, 1.807) is 0 Å². The molecule has 78 valence electrons. The Bertz CT molecular complexity index is 318. The second kappa shape index (κ2) is 4.11. The molecular formula is C12H19NO. The smallest absolute Gasteiger partial charge is 0.0992 e. The first-order valence-electron chi connectivity index (χ1n) is 4.92. The molecule has 0 aliphatic carbocycles. The molecule has 0 radical (unpaired) electrons. The van der Waals surface area contributed by atoms with Crippen LogP contribution in [0.3, 0.4) is 0 Å². The molecule has 0 heterocycles. The van der Waals surface area contributed by atoms with E-state index >= 15 is 0 Å². The molecule has 2 N–H and O–H groups in total. The molecule has 0 saturated heterocycles. The number of rotatable bonds is 3. The number of likely N-dealkylation sites (N-methyl/N-ethyl adjacent to an activating group) is 1. The van der Waals surface area contributed by atoms with E-state index in [9.17, 15) is 5.11 Å². The summed E-state index contributed by atoms with van der Waals surface area (Å²) in [6.45, 7) is 6.53. The highest BCUT2D eigenvalue weighted by atomic mass is 16.3. The van der Waals surface area contributed by atoms with Gasteiger partial charge in [-0.3, -0.25) is 0 Å². The normalized spacial score (nSPS) is 15.2. The number of aliphatic hydroxyl groups is 1. The predicted molar refractivity (Wildman–Crippen MR) is 59.4 cm³/mol. The Morgan fingerprint density at radius 1 is 1.29 bits per heavy atom. The molecule has 1 aromatic rings. The summed E-state index contributed by atoms with van der Waals surface area (Å²) < 4.78 is 0. The van der Waals surface area contributed by atoms with Crippen LogP contribution < -0.4 is 5.32 Å². The van der Waals surface area contributed by atoms with Crippen LogP contribution in [0.5, 0.6) is 0 Å². The highest BCUT2D eigenvalue weighted by Crippen LogP contribution is 2.21. The lowest BCUT2D eigenvalue weighted by Gasteiger charge is -2.24. The molecular weight excluding hydrogens is 174 g/mol. The summed E-state index contributed by atoms with van der Waals surface area (Å²) in [5.41, 5.74) is 2.66. The van der Waals surface area contributed by atoms with Crippen LogP contribution in [0.15, 0.2) is 18.2 Å². The van der Waals surface area contributed by atoms with Crippen molar-refractivity contribution in [1.82, 2.24) is 5.32 Å². The number of nitrogens with one attached hydrogen (secondary N) is 1. The summed E-state index contributed by atoms with van der Waals surface area (Å²) in [5.74, 6) is 0. The second-order valence-corrected chi connectivity index (χ2v) is 4.10. The van der Waals surface area contributed by atoms with Crippen molar-refractivity contribution in [2.45, 2.75) is 26.4 Å². The molecule has 2 nitrogen and oxygen atoms in total. The fourth-order valence-corrected chi connectivity index (χ4v) is 1.52. The van der Waals surface area contributed by atoms with Gasteiger partial charge in [-0.2, -0.15) is 0 Å². The van der Waals surface area contributed by atoms with Crippen LogP contribution in [0.25, 0.3) is 0 Å². The van der Waals surface area contributed by atoms with E-state index in [-0.39, 0.29) is 0 Å². The molecule has 0 amide bonds. The van der Waals surface area contributed by atoms with Crippen molar-refractivity contribution in [2.75, 3.05) is 13.6 Å². The van der Waals surface area contributed by atoms with Crippen molar-refractivity contribution in [3.8, 4) is 0 Å². The standard InChI is InChI=1S/C12H19NO/c1-9-5-6-11(7-10(9)2)12(3,14)8-13-4/h5-7,13-14H,8H2,1-4H3. The molecule has 0 aliphatic rings. The summed E-state index contributed by atoms with van der Waals surface area (Å²) in [6, 6.07) is 6.08. The quantitative estimate of drug-likeness (QED) is 0.766. The number of benzene rings is 1. The molecule has 0 spiro atoms. The van der Waals surface area contributed by atoms with Crippen LogP contribution >= 0.6 is 0 Å². The first-order chi connectivity index (χ1) is 6.47. The lowest BCUT2D eigenvalue weighted by molar-refractivity contribution is 0.0591. The third kappa shape index (κ3) is 2.34. The number of hydrogen-bond donors (Lipinski definition) is 2. The fraction of sp³-hybridized carbons (Fsp3) is 0.500. The van der Waals surface area contributed by atoms with Crippen molar-refractivity contribution in [3.05, 3.63) is 34.9 Å². The maximum absolute atomic E-state index is 10.1. The first-order valence-corrected chi connectivity index (χ1v) is 4.92. The second-order valence-electron chi connectivity index (χ2n) is 4.10. The summed E-state index contributed by atoms with van der Waals surface area (Å²) >= 11 is 0. The van der Waals surface area contributed by atoms with Gasteiger partial charge in [-0.1, -0.05) is 18.2 Å². The molecule has 0 saturated carbocycles. The monoisotopic (exact) mass is 193 g/mol. The highest BCUT2D eigenvalue weighted by molar-refractivity contribution is 5.33. The van der Waals surface area contributed by atoms with Gasteiger partial charge in [0.25, 0.3) is 0 Å². The Labute approximate surface area is 86.0 Å². The van der Waals surface area contributed by atoms with E-state index in [2.05, 4.69) is 25.2 Å². The molecule has 1 atom stereocenters. The van der Waals surface area contributed by atoms with E-state index < -0.39 is 5.60 Å². The lowest BCUT2D eigenvalue weighted by Crippen LogP contribution is -2.33. The Kier molecular flexibility index (Phi) is 3.29. The maximum Gasteiger partial charge on any atom is 0.0992 e. The van der Waals surface area contributed by atoms with Gasteiger partial charge in [-0.05, 0) is 44.5 Å². The zero-order valence-corrected chi connectivity index (χ0v) is 9.39. The van der Waals surface area contributed by atoms with Crippen molar-refractivity contribution >= 4 is 0 Å². The summed E-state index contributed by atoms with van der Waals surface area (Å²) in [6.07, 6.45) is 0. The molecule has 1 unspecified atom stereocenters. The molecule has 1 rings (SSSR count). The third-order valence-electron chi connectivity index (χ3n) is 2.65. The van der Waals surface area contributed by atoms with E-state index in [0.717, 1.165) is 5.56 Å². The third-order valence-corrected chi connectivity index (χ3v) is 2.65. The van der Waals surface area contributed by atoms with Gasteiger partial charge in [-0.25, -0.2) is 0 Å². The summed E-state index contributed by atoms with van der Waals surface area (Å²) in [7, 11) is 1.84.